The van der Waals surface area contributed by atoms with Gasteiger partial charge in [0, 0.05) is 18.9 Å². The summed E-state index contributed by atoms with van der Waals surface area (Å²) in [6, 6.07) is 2.80. The molecule has 0 saturated heterocycles. The number of rotatable bonds is 13. The van der Waals surface area contributed by atoms with Gasteiger partial charge in [0.15, 0.2) is 5.75 Å². The van der Waals surface area contributed by atoms with Crippen molar-refractivity contribution in [3.63, 3.8) is 0 Å². The van der Waals surface area contributed by atoms with E-state index in [2.05, 4.69) is 6.92 Å². The maximum atomic E-state index is 11.9. The molecule has 1 aromatic rings. The van der Waals surface area contributed by atoms with Gasteiger partial charge in [0.25, 0.3) is 0 Å². The van der Waals surface area contributed by atoms with Gasteiger partial charge in [0.1, 0.15) is 0 Å². The lowest BCUT2D eigenvalue weighted by Crippen LogP contribution is -2.15. The second-order valence-electron chi connectivity index (χ2n) is 6.88. The van der Waals surface area contributed by atoms with Crippen LogP contribution in [0.5, 0.6) is 5.75 Å². The van der Waals surface area contributed by atoms with Gasteiger partial charge in [0.05, 0.1) is 21.2 Å². The van der Waals surface area contributed by atoms with E-state index in [0.29, 0.717) is 6.42 Å². The van der Waals surface area contributed by atoms with Crippen LogP contribution in [0.1, 0.15) is 78.1 Å². The number of carbonyl (C=O) groups is 2. The van der Waals surface area contributed by atoms with Gasteiger partial charge in [-0.25, -0.2) is 0 Å². The maximum Gasteiger partial charge on any atom is 0.311 e. The van der Waals surface area contributed by atoms with E-state index in [9.17, 15) is 9.59 Å². The second kappa shape index (κ2) is 14.1. The zero-order valence-corrected chi connectivity index (χ0v) is 18.8. The number of unbranched alkanes of at least 4 members (excludes halogenated alkanes) is 5. The van der Waals surface area contributed by atoms with Crippen molar-refractivity contribution in [3.05, 3.63) is 27.2 Å². The van der Waals surface area contributed by atoms with Crippen LogP contribution in [0.4, 0.5) is 0 Å². The first-order valence-corrected chi connectivity index (χ1v) is 11.0. The molecule has 0 aliphatic rings. The molecular formula is C21H29Cl3O4. The minimum Gasteiger partial charge on any atom is -0.463 e. The monoisotopic (exact) mass is 450 g/mol. The van der Waals surface area contributed by atoms with Crippen molar-refractivity contribution in [2.75, 3.05) is 0 Å². The van der Waals surface area contributed by atoms with Gasteiger partial charge in [-0.3, -0.25) is 9.59 Å². The third kappa shape index (κ3) is 10.5. The highest BCUT2D eigenvalue weighted by Crippen LogP contribution is 2.34. The predicted octanol–water partition coefficient (Wildman–Crippen LogP) is 7.40. The highest BCUT2D eigenvalue weighted by Gasteiger charge is 2.14. The molecule has 0 heterocycles. The van der Waals surface area contributed by atoms with Crippen LogP contribution < -0.4 is 4.74 Å². The first-order chi connectivity index (χ1) is 13.3. The van der Waals surface area contributed by atoms with Crippen LogP contribution in [0.25, 0.3) is 0 Å². The van der Waals surface area contributed by atoms with Crippen LogP contribution in [0.3, 0.4) is 0 Å². The molecule has 0 fully saturated rings. The van der Waals surface area contributed by atoms with E-state index in [1.165, 1.54) is 44.2 Å². The summed E-state index contributed by atoms with van der Waals surface area (Å²) in [6.07, 6.45) is 8.64. The summed E-state index contributed by atoms with van der Waals surface area (Å²) < 4.78 is 10.6. The van der Waals surface area contributed by atoms with Gasteiger partial charge in [-0.15, -0.1) is 0 Å². The van der Waals surface area contributed by atoms with Gasteiger partial charge in [-0.05, 0) is 32.3 Å². The molecule has 0 aliphatic carbocycles. The standard InChI is InChI=1S/C21H29Cl3O4/c1-3-4-5-6-7-8-10-15(2)27-20(25)11-9-12-21(26)28-19-14-17(23)16(22)13-18(19)24/h13-15H,3-12H2,1-2H3. The predicted molar refractivity (Wildman–Crippen MR) is 115 cm³/mol. The zero-order chi connectivity index (χ0) is 20.9. The molecule has 4 nitrogen and oxygen atoms in total. The first kappa shape index (κ1) is 25.1. The maximum absolute atomic E-state index is 11.9. The second-order valence-corrected chi connectivity index (χ2v) is 8.10. The van der Waals surface area contributed by atoms with Gasteiger partial charge in [-0.1, -0.05) is 73.8 Å². The SMILES string of the molecule is CCCCCCCCC(C)OC(=O)CCCC(=O)Oc1cc(Cl)c(Cl)cc1Cl. The summed E-state index contributed by atoms with van der Waals surface area (Å²) in [7, 11) is 0. The molecule has 1 atom stereocenters. The van der Waals surface area contributed by atoms with Crippen molar-refractivity contribution in [2.24, 2.45) is 0 Å². The molecule has 0 spiro atoms. The van der Waals surface area contributed by atoms with Crippen molar-refractivity contribution in [1.29, 1.82) is 0 Å². The molecule has 0 radical (unpaired) electrons. The third-order valence-corrected chi connectivity index (χ3v) is 5.27. The Morgan fingerprint density at radius 3 is 2.18 bits per heavy atom. The summed E-state index contributed by atoms with van der Waals surface area (Å²) in [5, 5.41) is 0.728. The smallest absolute Gasteiger partial charge is 0.311 e. The Balaban J connectivity index is 2.20. The Morgan fingerprint density at radius 1 is 0.857 bits per heavy atom. The summed E-state index contributed by atoms with van der Waals surface area (Å²) in [4.78, 5) is 23.8. The molecule has 0 N–H and O–H groups in total. The third-order valence-electron chi connectivity index (χ3n) is 4.26. The average molecular weight is 452 g/mol. The molecule has 0 aliphatic heterocycles. The Labute approximate surface area is 182 Å². The van der Waals surface area contributed by atoms with E-state index >= 15 is 0 Å². The topological polar surface area (TPSA) is 52.6 Å². The molecule has 1 unspecified atom stereocenters. The number of hydrogen-bond donors (Lipinski definition) is 0. The number of ether oxygens (including phenoxy) is 2. The summed E-state index contributed by atoms with van der Waals surface area (Å²) in [6.45, 7) is 4.11. The normalized spacial score (nSPS) is 11.9. The van der Waals surface area contributed by atoms with E-state index < -0.39 is 5.97 Å². The van der Waals surface area contributed by atoms with E-state index in [0.717, 1.165) is 12.8 Å². The molecule has 158 valence electrons. The van der Waals surface area contributed by atoms with E-state index in [-0.39, 0.29) is 45.7 Å². The fourth-order valence-corrected chi connectivity index (χ4v) is 3.26. The lowest BCUT2D eigenvalue weighted by Gasteiger charge is -2.13. The van der Waals surface area contributed by atoms with Gasteiger partial charge < -0.3 is 9.47 Å². The number of benzene rings is 1. The van der Waals surface area contributed by atoms with Crippen LogP contribution in [0.2, 0.25) is 15.1 Å². The minimum atomic E-state index is -0.492. The molecule has 0 saturated carbocycles. The van der Waals surface area contributed by atoms with Crippen LogP contribution in [-0.2, 0) is 14.3 Å². The lowest BCUT2D eigenvalue weighted by atomic mass is 10.1. The first-order valence-electron chi connectivity index (χ1n) is 9.88. The largest absolute Gasteiger partial charge is 0.463 e. The molecule has 1 aromatic carbocycles. The van der Waals surface area contributed by atoms with Gasteiger partial charge in [-0.2, -0.15) is 0 Å². The summed E-state index contributed by atoms with van der Waals surface area (Å²) in [5.74, 6) is -0.636. The fourth-order valence-electron chi connectivity index (χ4n) is 2.69. The van der Waals surface area contributed by atoms with Gasteiger partial charge in [0.2, 0.25) is 0 Å². The highest BCUT2D eigenvalue weighted by molar-refractivity contribution is 6.43. The highest BCUT2D eigenvalue weighted by atomic mass is 35.5. The van der Waals surface area contributed by atoms with Crippen molar-refractivity contribution >= 4 is 46.7 Å². The number of esters is 2. The molecule has 28 heavy (non-hydrogen) atoms. The zero-order valence-electron chi connectivity index (χ0n) is 16.6. The van der Waals surface area contributed by atoms with Crippen molar-refractivity contribution in [1.82, 2.24) is 0 Å². The number of hydrogen-bond acceptors (Lipinski definition) is 4. The molecule has 0 aromatic heterocycles. The van der Waals surface area contributed by atoms with Crippen LogP contribution in [-0.4, -0.2) is 18.0 Å². The van der Waals surface area contributed by atoms with Crippen LogP contribution >= 0.6 is 34.8 Å². The van der Waals surface area contributed by atoms with Crippen molar-refractivity contribution < 1.29 is 19.1 Å². The van der Waals surface area contributed by atoms with Crippen LogP contribution in [0.15, 0.2) is 12.1 Å². The van der Waals surface area contributed by atoms with Gasteiger partial charge >= 0.3 is 11.9 Å². The van der Waals surface area contributed by atoms with E-state index in [4.69, 9.17) is 44.3 Å². The molecule has 0 amide bonds. The average Bonchev–Trinajstić information content (AvgIpc) is 2.62. The minimum absolute atomic E-state index is 0.0808. The van der Waals surface area contributed by atoms with E-state index in [1.54, 1.807) is 0 Å². The lowest BCUT2D eigenvalue weighted by molar-refractivity contribution is -0.148. The summed E-state index contributed by atoms with van der Waals surface area (Å²) >= 11 is 17.7. The Bertz CT molecular complexity index is 634. The quantitative estimate of drug-likeness (QED) is 0.136. The van der Waals surface area contributed by atoms with Crippen LogP contribution in [0, 0.1) is 0 Å². The van der Waals surface area contributed by atoms with Crippen molar-refractivity contribution in [3.8, 4) is 5.75 Å². The number of halogens is 3. The Morgan fingerprint density at radius 2 is 1.46 bits per heavy atom. The molecular weight excluding hydrogens is 423 g/mol. The Hall–Kier alpha value is -0.970. The molecule has 0 bridgehead atoms. The Kier molecular flexibility index (Phi) is 12.6. The number of carbonyl (C=O) groups excluding carboxylic acids is 2. The summed E-state index contributed by atoms with van der Waals surface area (Å²) in [5.41, 5.74) is 0. The molecule has 1 rings (SSSR count). The fraction of sp³-hybridized carbons (Fsp3) is 0.619. The molecule has 7 heteroatoms. The van der Waals surface area contributed by atoms with Crippen molar-refractivity contribution in [2.45, 2.75) is 84.2 Å². The van der Waals surface area contributed by atoms with E-state index in [1.807, 2.05) is 6.92 Å².